The Morgan fingerprint density at radius 3 is 2.74 bits per heavy atom. The quantitative estimate of drug-likeness (QED) is 0.744. The van der Waals surface area contributed by atoms with Crippen molar-refractivity contribution in [3.05, 3.63) is 24.3 Å². The molecule has 1 atom stereocenters. The van der Waals surface area contributed by atoms with Crippen molar-refractivity contribution >= 4 is 17.3 Å². The van der Waals surface area contributed by atoms with E-state index < -0.39 is 0 Å². The molecule has 1 aromatic rings. The monoisotopic (exact) mass is 263 g/mol. The van der Waals surface area contributed by atoms with Gasteiger partial charge in [-0.3, -0.25) is 9.69 Å². The van der Waals surface area contributed by atoms with E-state index >= 15 is 0 Å². The maximum Gasteiger partial charge on any atom is 0.241 e. The van der Waals surface area contributed by atoms with Crippen LogP contribution in [0.25, 0.3) is 0 Å². The van der Waals surface area contributed by atoms with Crippen LogP contribution in [0.5, 0.6) is 0 Å². The number of likely N-dealkylation sites (N-methyl/N-ethyl adjacent to an activating group) is 1. The number of rotatable bonds is 7. The molecule has 0 bridgehead atoms. The van der Waals surface area contributed by atoms with Gasteiger partial charge in [-0.1, -0.05) is 26.3 Å². The third kappa shape index (κ3) is 4.91. The minimum absolute atomic E-state index is 0.0340. The second-order valence-corrected chi connectivity index (χ2v) is 4.87. The zero-order chi connectivity index (χ0) is 14.3. The lowest BCUT2D eigenvalue weighted by Crippen LogP contribution is -2.41. The Kier molecular flexibility index (Phi) is 6.36. The van der Waals surface area contributed by atoms with Gasteiger partial charge >= 0.3 is 0 Å². The van der Waals surface area contributed by atoms with Gasteiger partial charge < -0.3 is 11.1 Å². The summed E-state index contributed by atoms with van der Waals surface area (Å²) in [5.74, 6) is 0.0340. The lowest BCUT2D eigenvalue weighted by Gasteiger charge is -2.26. The third-order valence-electron chi connectivity index (χ3n) is 3.24. The molecule has 1 unspecified atom stereocenters. The molecule has 0 fully saturated rings. The van der Waals surface area contributed by atoms with E-state index in [0.29, 0.717) is 5.69 Å². The molecule has 1 aromatic carbocycles. The molecule has 19 heavy (non-hydrogen) atoms. The Morgan fingerprint density at radius 1 is 1.42 bits per heavy atom. The summed E-state index contributed by atoms with van der Waals surface area (Å²) in [6.45, 7) is 5.13. The van der Waals surface area contributed by atoms with Gasteiger partial charge in [0, 0.05) is 11.4 Å². The van der Waals surface area contributed by atoms with Gasteiger partial charge in [0.25, 0.3) is 0 Å². The van der Waals surface area contributed by atoms with E-state index in [9.17, 15) is 4.79 Å². The summed E-state index contributed by atoms with van der Waals surface area (Å²) in [6, 6.07) is 7.18. The number of hydrogen-bond donors (Lipinski definition) is 2. The first kappa shape index (κ1) is 15.5. The van der Waals surface area contributed by atoms with Gasteiger partial charge in [0.15, 0.2) is 0 Å². The van der Waals surface area contributed by atoms with E-state index in [-0.39, 0.29) is 11.9 Å². The highest BCUT2D eigenvalue weighted by atomic mass is 16.2. The topological polar surface area (TPSA) is 58.4 Å². The lowest BCUT2D eigenvalue weighted by atomic mass is 10.1. The van der Waals surface area contributed by atoms with Crippen molar-refractivity contribution in [2.75, 3.05) is 24.6 Å². The SMILES string of the molecule is CCCCN(C)C(CC)C(=O)Nc1cccc(N)c1. The molecule has 0 aliphatic carbocycles. The normalized spacial score (nSPS) is 12.4. The van der Waals surface area contributed by atoms with Crippen molar-refractivity contribution in [2.24, 2.45) is 0 Å². The lowest BCUT2D eigenvalue weighted by molar-refractivity contribution is -0.121. The van der Waals surface area contributed by atoms with Crippen molar-refractivity contribution in [2.45, 2.75) is 39.2 Å². The molecule has 3 N–H and O–H groups in total. The number of carbonyl (C=O) groups excluding carboxylic acids is 1. The zero-order valence-electron chi connectivity index (χ0n) is 12.1. The van der Waals surface area contributed by atoms with Crippen molar-refractivity contribution in [1.82, 2.24) is 4.90 Å². The Morgan fingerprint density at radius 2 is 2.16 bits per heavy atom. The summed E-state index contributed by atoms with van der Waals surface area (Å²) in [7, 11) is 2.00. The first-order valence-corrected chi connectivity index (χ1v) is 6.95. The van der Waals surface area contributed by atoms with Crippen LogP contribution in [-0.2, 0) is 4.79 Å². The summed E-state index contributed by atoms with van der Waals surface area (Å²) in [5, 5.41) is 2.93. The van der Waals surface area contributed by atoms with Crippen LogP contribution >= 0.6 is 0 Å². The molecule has 0 saturated carbocycles. The summed E-state index contributed by atoms with van der Waals surface area (Å²) >= 11 is 0. The highest BCUT2D eigenvalue weighted by molar-refractivity contribution is 5.95. The highest BCUT2D eigenvalue weighted by Gasteiger charge is 2.20. The van der Waals surface area contributed by atoms with E-state index in [1.165, 1.54) is 0 Å². The van der Waals surface area contributed by atoms with Crippen LogP contribution in [0, 0.1) is 0 Å². The number of carbonyl (C=O) groups is 1. The predicted molar refractivity (Wildman–Crippen MR) is 81.1 cm³/mol. The second-order valence-electron chi connectivity index (χ2n) is 4.87. The van der Waals surface area contributed by atoms with Crippen molar-refractivity contribution in [3.8, 4) is 0 Å². The number of anilines is 2. The zero-order valence-corrected chi connectivity index (χ0v) is 12.1. The molecule has 1 rings (SSSR count). The van der Waals surface area contributed by atoms with Crippen LogP contribution < -0.4 is 11.1 Å². The van der Waals surface area contributed by atoms with Crippen LogP contribution in [0.2, 0.25) is 0 Å². The highest BCUT2D eigenvalue weighted by Crippen LogP contribution is 2.14. The van der Waals surface area contributed by atoms with E-state index in [1.807, 2.05) is 26.1 Å². The Hall–Kier alpha value is -1.55. The number of nitrogens with two attached hydrogens (primary N) is 1. The Bertz CT molecular complexity index is 406. The van der Waals surface area contributed by atoms with Crippen LogP contribution in [0.4, 0.5) is 11.4 Å². The van der Waals surface area contributed by atoms with E-state index in [2.05, 4.69) is 17.1 Å². The summed E-state index contributed by atoms with van der Waals surface area (Å²) in [5.41, 5.74) is 7.12. The molecule has 0 aromatic heterocycles. The fourth-order valence-electron chi connectivity index (χ4n) is 2.10. The van der Waals surface area contributed by atoms with E-state index in [1.54, 1.807) is 12.1 Å². The van der Waals surface area contributed by atoms with Gasteiger partial charge in [0.05, 0.1) is 6.04 Å². The van der Waals surface area contributed by atoms with Gasteiger partial charge in [0.2, 0.25) is 5.91 Å². The van der Waals surface area contributed by atoms with Crippen LogP contribution in [-0.4, -0.2) is 30.4 Å². The molecule has 0 heterocycles. The van der Waals surface area contributed by atoms with E-state index in [0.717, 1.165) is 31.5 Å². The maximum atomic E-state index is 12.3. The van der Waals surface area contributed by atoms with Crippen LogP contribution in [0.1, 0.15) is 33.1 Å². The van der Waals surface area contributed by atoms with Crippen molar-refractivity contribution in [3.63, 3.8) is 0 Å². The molecule has 0 aliphatic rings. The van der Waals surface area contributed by atoms with Gasteiger partial charge in [-0.15, -0.1) is 0 Å². The molecule has 4 nitrogen and oxygen atoms in total. The summed E-state index contributed by atoms with van der Waals surface area (Å²) in [6.07, 6.45) is 3.05. The average Bonchev–Trinajstić information content (AvgIpc) is 2.37. The fraction of sp³-hybridized carbons (Fsp3) is 0.533. The minimum atomic E-state index is -0.0898. The van der Waals surface area contributed by atoms with Gasteiger partial charge in [-0.05, 0) is 44.6 Å². The first-order chi connectivity index (χ1) is 9.08. The van der Waals surface area contributed by atoms with Crippen molar-refractivity contribution in [1.29, 1.82) is 0 Å². The number of nitrogens with zero attached hydrogens (tertiary/aromatic N) is 1. The Balaban J connectivity index is 2.63. The predicted octanol–water partition coefficient (Wildman–Crippen LogP) is 2.72. The third-order valence-corrected chi connectivity index (χ3v) is 3.24. The maximum absolute atomic E-state index is 12.3. The number of benzene rings is 1. The second kappa shape index (κ2) is 7.79. The molecule has 106 valence electrons. The molecular formula is C15H25N3O. The molecule has 0 radical (unpaired) electrons. The molecular weight excluding hydrogens is 238 g/mol. The minimum Gasteiger partial charge on any atom is -0.399 e. The smallest absolute Gasteiger partial charge is 0.241 e. The molecule has 1 amide bonds. The Labute approximate surface area is 116 Å². The van der Waals surface area contributed by atoms with Crippen LogP contribution in [0.3, 0.4) is 0 Å². The fourth-order valence-corrected chi connectivity index (χ4v) is 2.10. The largest absolute Gasteiger partial charge is 0.399 e. The van der Waals surface area contributed by atoms with Gasteiger partial charge in [0.1, 0.15) is 0 Å². The number of nitrogen functional groups attached to an aromatic ring is 1. The number of unbranched alkanes of at least 4 members (excludes halogenated alkanes) is 1. The molecule has 0 aliphatic heterocycles. The molecule has 0 saturated heterocycles. The van der Waals surface area contributed by atoms with E-state index in [4.69, 9.17) is 5.73 Å². The summed E-state index contributed by atoms with van der Waals surface area (Å²) in [4.78, 5) is 14.4. The number of hydrogen-bond acceptors (Lipinski definition) is 3. The average molecular weight is 263 g/mol. The van der Waals surface area contributed by atoms with Gasteiger partial charge in [-0.2, -0.15) is 0 Å². The standard InChI is InChI=1S/C15H25N3O/c1-4-6-10-18(3)14(5-2)15(19)17-13-9-7-8-12(16)11-13/h7-9,11,14H,4-6,10,16H2,1-3H3,(H,17,19). The van der Waals surface area contributed by atoms with Crippen molar-refractivity contribution < 1.29 is 4.79 Å². The molecule has 0 spiro atoms. The number of amides is 1. The van der Waals surface area contributed by atoms with Gasteiger partial charge in [-0.25, -0.2) is 0 Å². The first-order valence-electron chi connectivity index (χ1n) is 6.95. The molecule has 4 heteroatoms. The summed E-state index contributed by atoms with van der Waals surface area (Å²) < 4.78 is 0. The van der Waals surface area contributed by atoms with Crippen LogP contribution in [0.15, 0.2) is 24.3 Å². The number of nitrogens with one attached hydrogen (secondary N) is 1.